The molecule has 20 heavy (non-hydrogen) atoms. The second-order valence-electron chi connectivity index (χ2n) is 5.92. The fourth-order valence-electron chi connectivity index (χ4n) is 2.98. The summed E-state index contributed by atoms with van der Waals surface area (Å²) in [5.74, 6) is 1.28. The van der Waals surface area contributed by atoms with Crippen molar-refractivity contribution < 1.29 is 14.6 Å². The largest absolute Gasteiger partial charge is 0.491 e. The minimum Gasteiger partial charge on any atom is -0.491 e. The Morgan fingerprint density at radius 3 is 2.70 bits per heavy atom. The molecule has 2 heterocycles. The summed E-state index contributed by atoms with van der Waals surface area (Å²) >= 11 is 0. The number of aliphatic hydroxyl groups excluding tert-OH is 1. The number of aliphatic hydroxyl groups is 1. The average molecular weight is 277 g/mol. The van der Waals surface area contributed by atoms with Crippen molar-refractivity contribution in [1.29, 1.82) is 0 Å². The molecule has 110 valence electrons. The van der Waals surface area contributed by atoms with E-state index in [1.54, 1.807) is 0 Å². The van der Waals surface area contributed by atoms with Gasteiger partial charge in [0.15, 0.2) is 0 Å². The first-order valence-electron chi connectivity index (χ1n) is 7.43. The molecule has 1 fully saturated rings. The van der Waals surface area contributed by atoms with E-state index in [2.05, 4.69) is 30.9 Å². The van der Waals surface area contributed by atoms with Crippen LogP contribution in [0.25, 0.3) is 0 Å². The average Bonchev–Trinajstić information content (AvgIpc) is 2.48. The van der Waals surface area contributed by atoms with Gasteiger partial charge in [0, 0.05) is 18.7 Å². The molecule has 2 aliphatic rings. The van der Waals surface area contributed by atoms with E-state index in [0.29, 0.717) is 12.5 Å². The van der Waals surface area contributed by atoms with Crippen LogP contribution in [0, 0.1) is 0 Å². The molecule has 2 aliphatic heterocycles. The molecule has 1 N–H and O–H groups in total. The molecular weight excluding hydrogens is 254 g/mol. The van der Waals surface area contributed by atoms with Gasteiger partial charge < -0.3 is 14.6 Å². The minimum absolute atomic E-state index is 0.0359. The molecule has 1 aromatic rings. The number of nitrogens with zero attached hydrogens (tertiary/aromatic N) is 1. The summed E-state index contributed by atoms with van der Waals surface area (Å²) in [7, 11) is 0. The molecule has 0 aliphatic carbocycles. The maximum absolute atomic E-state index is 10.7. The van der Waals surface area contributed by atoms with Crippen LogP contribution in [0.5, 0.6) is 5.75 Å². The Kier molecular flexibility index (Phi) is 3.96. The van der Waals surface area contributed by atoms with E-state index >= 15 is 0 Å². The van der Waals surface area contributed by atoms with Crippen molar-refractivity contribution in [2.24, 2.45) is 0 Å². The highest BCUT2D eigenvalue weighted by Crippen LogP contribution is 2.36. The second kappa shape index (κ2) is 5.72. The highest BCUT2D eigenvalue weighted by molar-refractivity contribution is 5.42. The fraction of sp³-hybridized carbons (Fsp3) is 0.625. The van der Waals surface area contributed by atoms with Crippen LogP contribution in [0.15, 0.2) is 18.2 Å². The molecule has 2 unspecified atom stereocenters. The molecule has 4 heteroatoms. The van der Waals surface area contributed by atoms with Gasteiger partial charge in [-0.3, -0.25) is 4.90 Å². The van der Waals surface area contributed by atoms with Gasteiger partial charge in [0.2, 0.25) is 0 Å². The van der Waals surface area contributed by atoms with Crippen molar-refractivity contribution in [1.82, 2.24) is 4.90 Å². The highest BCUT2D eigenvalue weighted by atomic mass is 16.5. The van der Waals surface area contributed by atoms with Crippen LogP contribution in [0.2, 0.25) is 0 Å². The van der Waals surface area contributed by atoms with Crippen molar-refractivity contribution >= 4 is 0 Å². The number of hydrogen-bond acceptors (Lipinski definition) is 4. The van der Waals surface area contributed by atoms with Gasteiger partial charge in [-0.1, -0.05) is 19.9 Å². The maximum Gasteiger partial charge on any atom is 0.125 e. The highest BCUT2D eigenvalue weighted by Gasteiger charge is 2.34. The fourth-order valence-corrected chi connectivity index (χ4v) is 2.98. The van der Waals surface area contributed by atoms with Gasteiger partial charge in [-0.25, -0.2) is 0 Å². The molecule has 0 spiro atoms. The molecule has 4 nitrogen and oxygen atoms in total. The number of fused-ring (bicyclic) bond motifs is 1. The van der Waals surface area contributed by atoms with E-state index in [4.69, 9.17) is 9.47 Å². The Morgan fingerprint density at radius 2 is 2.00 bits per heavy atom. The molecule has 0 bridgehead atoms. The zero-order valence-corrected chi connectivity index (χ0v) is 12.2. The van der Waals surface area contributed by atoms with Gasteiger partial charge in [-0.2, -0.15) is 0 Å². The van der Waals surface area contributed by atoms with Gasteiger partial charge in [-0.15, -0.1) is 0 Å². The van der Waals surface area contributed by atoms with Gasteiger partial charge >= 0.3 is 0 Å². The molecular formula is C16H23NO3. The van der Waals surface area contributed by atoms with Crippen molar-refractivity contribution in [3.63, 3.8) is 0 Å². The van der Waals surface area contributed by atoms with Gasteiger partial charge in [0.25, 0.3) is 0 Å². The third-order valence-electron chi connectivity index (χ3n) is 4.31. The number of rotatable bonds is 2. The lowest BCUT2D eigenvalue weighted by molar-refractivity contribution is -0.0454. The predicted molar refractivity (Wildman–Crippen MR) is 77.2 cm³/mol. The lowest BCUT2D eigenvalue weighted by Gasteiger charge is -2.40. The maximum atomic E-state index is 10.7. The Bertz CT molecular complexity index is 469. The zero-order valence-electron chi connectivity index (χ0n) is 12.2. The normalized spacial score (nSPS) is 27.2. The van der Waals surface area contributed by atoms with E-state index < -0.39 is 6.10 Å². The molecule has 1 saturated heterocycles. The molecule has 0 radical (unpaired) electrons. The van der Waals surface area contributed by atoms with E-state index in [1.807, 2.05) is 6.07 Å². The first-order valence-corrected chi connectivity index (χ1v) is 7.43. The zero-order chi connectivity index (χ0) is 14.1. The number of morpholine rings is 1. The van der Waals surface area contributed by atoms with Crippen molar-refractivity contribution in [2.75, 3.05) is 32.9 Å². The first-order chi connectivity index (χ1) is 9.66. The summed E-state index contributed by atoms with van der Waals surface area (Å²) in [4.78, 5) is 2.28. The third-order valence-corrected chi connectivity index (χ3v) is 4.31. The van der Waals surface area contributed by atoms with Gasteiger partial charge in [-0.05, 0) is 23.6 Å². The van der Waals surface area contributed by atoms with E-state index in [9.17, 15) is 5.11 Å². The van der Waals surface area contributed by atoms with E-state index in [0.717, 1.165) is 37.6 Å². The first kappa shape index (κ1) is 13.9. The van der Waals surface area contributed by atoms with Crippen LogP contribution in [0.3, 0.4) is 0 Å². The molecule has 3 rings (SSSR count). The van der Waals surface area contributed by atoms with E-state index in [1.165, 1.54) is 5.56 Å². The Hall–Kier alpha value is -1.10. The lowest BCUT2D eigenvalue weighted by Crippen LogP contribution is -2.50. The summed E-state index contributed by atoms with van der Waals surface area (Å²) < 4.78 is 11.2. The number of ether oxygens (including phenoxy) is 2. The Morgan fingerprint density at radius 1 is 1.25 bits per heavy atom. The van der Waals surface area contributed by atoms with Crippen LogP contribution in [-0.4, -0.2) is 49.0 Å². The predicted octanol–water partition coefficient (Wildman–Crippen LogP) is 1.94. The van der Waals surface area contributed by atoms with Gasteiger partial charge in [0.1, 0.15) is 18.5 Å². The van der Waals surface area contributed by atoms with Crippen LogP contribution in [-0.2, 0) is 4.74 Å². The Balaban J connectivity index is 1.84. The third kappa shape index (κ3) is 2.55. The topological polar surface area (TPSA) is 41.9 Å². The molecule has 0 aromatic heterocycles. The lowest BCUT2D eigenvalue weighted by atomic mass is 9.93. The molecule has 0 amide bonds. The van der Waals surface area contributed by atoms with Crippen LogP contribution < -0.4 is 4.74 Å². The summed E-state index contributed by atoms with van der Waals surface area (Å²) in [6.45, 7) is 8.09. The summed E-state index contributed by atoms with van der Waals surface area (Å²) in [6, 6.07) is 6.21. The van der Waals surface area contributed by atoms with Crippen LogP contribution in [0.4, 0.5) is 0 Å². The molecule has 1 aromatic carbocycles. The van der Waals surface area contributed by atoms with Crippen LogP contribution in [0.1, 0.15) is 37.0 Å². The standard InChI is InChI=1S/C16H23NO3/c1-11(2)12-3-4-15-13(9-12)16(18)14(10-20-15)17-5-7-19-8-6-17/h3-4,9,11,14,16,18H,5-8,10H2,1-2H3. The number of hydrogen-bond donors (Lipinski definition) is 1. The molecule has 0 saturated carbocycles. The van der Waals surface area contributed by atoms with Gasteiger partial charge in [0.05, 0.1) is 19.3 Å². The minimum atomic E-state index is -0.476. The monoisotopic (exact) mass is 277 g/mol. The SMILES string of the molecule is CC(C)c1ccc2c(c1)C(O)C(N1CCOCC1)CO2. The summed E-state index contributed by atoms with van der Waals surface area (Å²) in [5, 5.41) is 10.7. The van der Waals surface area contributed by atoms with Crippen molar-refractivity contribution in [2.45, 2.75) is 31.9 Å². The Labute approximate surface area is 120 Å². The summed E-state index contributed by atoms with van der Waals surface area (Å²) in [6.07, 6.45) is -0.476. The quantitative estimate of drug-likeness (QED) is 0.897. The van der Waals surface area contributed by atoms with E-state index in [-0.39, 0.29) is 6.04 Å². The second-order valence-corrected chi connectivity index (χ2v) is 5.92. The molecule has 2 atom stereocenters. The van der Waals surface area contributed by atoms with Crippen molar-refractivity contribution in [3.8, 4) is 5.75 Å². The van der Waals surface area contributed by atoms with Crippen LogP contribution >= 0.6 is 0 Å². The van der Waals surface area contributed by atoms with Crippen molar-refractivity contribution in [3.05, 3.63) is 29.3 Å². The smallest absolute Gasteiger partial charge is 0.125 e. The summed E-state index contributed by atoms with van der Waals surface area (Å²) in [5.41, 5.74) is 2.17. The number of benzene rings is 1.